The predicted octanol–water partition coefficient (Wildman–Crippen LogP) is 4.09. The maximum atomic E-state index is 12.6. The summed E-state index contributed by atoms with van der Waals surface area (Å²) in [4.78, 5) is 16.5. The summed E-state index contributed by atoms with van der Waals surface area (Å²) in [6.07, 6.45) is 6.76. The van der Waals surface area contributed by atoms with E-state index in [-0.39, 0.29) is 5.91 Å². The second kappa shape index (κ2) is 7.37. The molecule has 0 radical (unpaired) electrons. The number of nitrogens with one attached hydrogen (secondary N) is 1. The summed E-state index contributed by atoms with van der Waals surface area (Å²) in [5, 5.41) is 6.42. The fraction of sp³-hybridized carbons (Fsp3) is 0.435. The molecule has 1 atom stereocenters. The van der Waals surface area contributed by atoms with Crippen LogP contribution in [0.5, 0.6) is 0 Å². The summed E-state index contributed by atoms with van der Waals surface area (Å²) >= 11 is 1.86. The molecule has 5 rings (SSSR count). The van der Waals surface area contributed by atoms with E-state index in [0.29, 0.717) is 19.0 Å². The number of hydrogen-bond acceptors (Lipinski definition) is 4. The number of aryl methyl sites for hydroxylation is 2. The van der Waals surface area contributed by atoms with Crippen LogP contribution in [-0.4, -0.2) is 29.9 Å². The zero-order chi connectivity index (χ0) is 19.1. The minimum Gasteiger partial charge on any atom is -0.464 e. The first kappa shape index (κ1) is 18.0. The lowest BCUT2D eigenvalue weighted by Crippen LogP contribution is -2.44. The van der Waals surface area contributed by atoms with E-state index in [2.05, 4.69) is 40.7 Å². The van der Waals surface area contributed by atoms with Crippen LogP contribution in [0.2, 0.25) is 0 Å². The van der Waals surface area contributed by atoms with E-state index in [9.17, 15) is 4.79 Å². The summed E-state index contributed by atoms with van der Waals surface area (Å²) < 4.78 is 5.73. The smallest absolute Gasteiger partial charge is 0.224 e. The fourth-order valence-electron chi connectivity index (χ4n) is 4.56. The van der Waals surface area contributed by atoms with E-state index in [0.717, 1.165) is 48.9 Å². The van der Waals surface area contributed by atoms with Gasteiger partial charge in [-0.1, -0.05) is 0 Å². The van der Waals surface area contributed by atoms with Gasteiger partial charge in [0, 0.05) is 41.5 Å². The first-order chi connectivity index (χ1) is 13.7. The molecule has 4 nitrogen and oxygen atoms in total. The van der Waals surface area contributed by atoms with Crippen LogP contribution in [0.3, 0.4) is 0 Å². The monoisotopic (exact) mass is 394 g/mol. The number of carbonyl (C=O) groups is 1. The van der Waals surface area contributed by atoms with E-state index in [1.807, 2.05) is 11.3 Å². The third-order valence-corrected chi connectivity index (χ3v) is 7.30. The Hall–Kier alpha value is -2.11. The largest absolute Gasteiger partial charge is 0.464 e. The van der Waals surface area contributed by atoms with Crippen molar-refractivity contribution >= 4 is 28.2 Å². The van der Waals surface area contributed by atoms with Gasteiger partial charge in [-0.15, -0.1) is 11.3 Å². The quantitative estimate of drug-likeness (QED) is 0.709. The molecule has 1 aliphatic carbocycles. The molecule has 0 spiro atoms. The number of fused-ring (bicyclic) bond motifs is 3. The highest BCUT2D eigenvalue weighted by molar-refractivity contribution is 7.10. The van der Waals surface area contributed by atoms with Gasteiger partial charge in [-0.05, 0) is 72.9 Å². The van der Waals surface area contributed by atoms with Crippen molar-refractivity contribution in [2.45, 2.75) is 51.6 Å². The van der Waals surface area contributed by atoms with Crippen LogP contribution in [-0.2, 0) is 37.0 Å². The Morgan fingerprint density at radius 1 is 1.25 bits per heavy atom. The van der Waals surface area contributed by atoms with Gasteiger partial charge >= 0.3 is 0 Å². The van der Waals surface area contributed by atoms with Gasteiger partial charge in [0.1, 0.15) is 5.58 Å². The number of carbonyl (C=O) groups excluding carboxylic acids is 1. The standard InChI is InChI=1S/C23H26N2O2S/c1-15(25-7-5-22-18(13-25)6-8-28-22)12-24-23(26)11-19-14-27-21-10-17-4-2-3-16(17)9-20(19)21/h6,8-10,14-15H,2-5,7,11-13H2,1H3,(H,24,26). The first-order valence-corrected chi connectivity index (χ1v) is 11.1. The van der Waals surface area contributed by atoms with Crippen LogP contribution < -0.4 is 5.32 Å². The molecule has 2 aliphatic rings. The summed E-state index contributed by atoms with van der Waals surface area (Å²) in [6, 6.07) is 6.97. The van der Waals surface area contributed by atoms with Crippen molar-refractivity contribution in [3.63, 3.8) is 0 Å². The van der Waals surface area contributed by atoms with Crippen molar-refractivity contribution < 1.29 is 9.21 Å². The van der Waals surface area contributed by atoms with Gasteiger partial charge in [-0.25, -0.2) is 0 Å². The summed E-state index contributed by atoms with van der Waals surface area (Å²) in [6.45, 7) is 4.95. The maximum Gasteiger partial charge on any atom is 0.224 e. The molecule has 1 N–H and O–H groups in total. The summed E-state index contributed by atoms with van der Waals surface area (Å²) in [5.74, 6) is 0.0725. The topological polar surface area (TPSA) is 45.5 Å². The molecule has 28 heavy (non-hydrogen) atoms. The van der Waals surface area contributed by atoms with Gasteiger partial charge in [0.05, 0.1) is 12.7 Å². The van der Waals surface area contributed by atoms with Gasteiger partial charge in [0.2, 0.25) is 5.91 Å². The Labute approximate surface area is 169 Å². The van der Waals surface area contributed by atoms with Crippen LogP contribution >= 0.6 is 11.3 Å². The fourth-order valence-corrected chi connectivity index (χ4v) is 5.45. The second-order valence-electron chi connectivity index (χ2n) is 8.15. The maximum absolute atomic E-state index is 12.6. The Morgan fingerprint density at radius 2 is 2.11 bits per heavy atom. The Balaban J connectivity index is 1.19. The van der Waals surface area contributed by atoms with Crippen molar-refractivity contribution in [2.75, 3.05) is 13.1 Å². The van der Waals surface area contributed by atoms with Crippen molar-refractivity contribution in [2.24, 2.45) is 0 Å². The summed E-state index contributed by atoms with van der Waals surface area (Å²) in [7, 11) is 0. The highest BCUT2D eigenvalue weighted by atomic mass is 32.1. The van der Waals surface area contributed by atoms with E-state index < -0.39 is 0 Å². The number of rotatable bonds is 5. The van der Waals surface area contributed by atoms with Crippen molar-refractivity contribution in [3.05, 3.63) is 57.0 Å². The SMILES string of the molecule is CC(CNC(=O)Cc1coc2cc3c(cc12)CCC3)N1CCc2sccc2C1. The van der Waals surface area contributed by atoms with Crippen LogP contribution in [0.15, 0.2) is 34.3 Å². The van der Waals surface area contributed by atoms with Gasteiger partial charge < -0.3 is 9.73 Å². The molecule has 0 saturated heterocycles. The Kier molecular flexibility index (Phi) is 4.73. The van der Waals surface area contributed by atoms with Crippen LogP contribution in [0.1, 0.15) is 40.5 Å². The molecular weight excluding hydrogens is 368 g/mol. The van der Waals surface area contributed by atoms with E-state index in [1.54, 1.807) is 6.26 Å². The number of thiophene rings is 1. The number of benzene rings is 1. The minimum atomic E-state index is 0.0725. The Bertz CT molecular complexity index is 1020. The molecule has 0 saturated carbocycles. The van der Waals surface area contributed by atoms with Gasteiger partial charge in [-0.2, -0.15) is 0 Å². The number of furan rings is 1. The van der Waals surface area contributed by atoms with E-state index in [4.69, 9.17) is 4.42 Å². The molecule has 146 valence electrons. The second-order valence-corrected chi connectivity index (χ2v) is 9.15. The number of hydrogen-bond donors (Lipinski definition) is 1. The number of amides is 1. The van der Waals surface area contributed by atoms with Gasteiger partial charge in [0.15, 0.2) is 0 Å². The zero-order valence-corrected chi connectivity index (χ0v) is 17.1. The van der Waals surface area contributed by atoms with Crippen molar-refractivity contribution in [1.29, 1.82) is 0 Å². The molecule has 1 amide bonds. The molecule has 2 aromatic heterocycles. The lowest BCUT2D eigenvalue weighted by molar-refractivity contribution is -0.120. The molecule has 0 fully saturated rings. The zero-order valence-electron chi connectivity index (χ0n) is 16.3. The molecule has 1 aliphatic heterocycles. The molecule has 0 bridgehead atoms. The van der Waals surface area contributed by atoms with Crippen molar-refractivity contribution in [3.8, 4) is 0 Å². The van der Waals surface area contributed by atoms with Crippen LogP contribution in [0, 0.1) is 0 Å². The number of nitrogens with zero attached hydrogens (tertiary/aromatic N) is 1. The molecule has 1 aromatic carbocycles. The lowest BCUT2D eigenvalue weighted by atomic mass is 10.0. The molecule has 3 aromatic rings. The predicted molar refractivity (Wildman–Crippen MR) is 113 cm³/mol. The normalized spacial score (nSPS) is 17.5. The molecule has 1 unspecified atom stereocenters. The molecule has 5 heteroatoms. The lowest BCUT2D eigenvalue weighted by Gasteiger charge is -2.32. The van der Waals surface area contributed by atoms with E-state index in [1.165, 1.54) is 28.0 Å². The third-order valence-electron chi connectivity index (χ3n) is 6.27. The average Bonchev–Trinajstić information content (AvgIpc) is 3.43. The third kappa shape index (κ3) is 3.38. The Morgan fingerprint density at radius 3 is 3.00 bits per heavy atom. The van der Waals surface area contributed by atoms with Gasteiger partial charge in [0.25, 0.3) is 0 Å². The average molecular weight is 395 g/mol. The summed E-state index contributed by atoms with van der Waals surface area (Å²) in [5.41, 5.74) is 6.18. The van der Waals surface area contributed by atoms with Gasteiger partial charge in [-0.3, -0.25) is 9.69 Å². The van der Waals surface area contributed by atoms with Crippen molar-refractivity contribution in [1.82, 2.24) is 10.2 Å². The van der Waals surface area contributed by atoms with Crippen LogP contribution in [0.4, 0.5) is 0 Å². The molecule has 3 heterocycles. The van der Waals surface area contributed by atoms with E-state index >= 15 is 0 Å². The minimum absolute atomic E-state index is 0.0725. The highest BCUT2D eigenvalue weighted by Crippen LogP contribution is 2.30. The van der Waals surface area contributed by atoms with Crippen LogP contribution in [0.25, 0.3) is 11.0 Å². The molecular formula is C23H26N2O2S. The highest BCUT2D eigenvalue weighted by Gasteiger charge is 2.22. The first-order valence-electron chi connectivity index (χ1n) is 10.3.